The molecule has 1 aliphatic heterocycles. The summed E-state index contributed by atoms with van der Waals surface area (Å²) in [4.78, 5) is 0. The van der Waals surface area contributed by atoms with E-state index in [4.69, 9.17) is 14.7 Å². The Bertz CT molecular complexity index is 414. The maximum Gasteiger partial charge on any atom is 0.204 e. The number of fused-ring (bicyclic) bond motifs is 1. The average Bonchev–Trinajstić information content (AvgIpc) is 2.29. The number of nitrogens with zero attached hydrogens (tertiary/aromatic N) is 1. The highest BCUT2D eigenvalue weighted by Gasteiger charge is 2.21. The molecule has 0 fully saturated rings. The van der Waals surface area contributed by atoms with Crippen molar-refractivity contribution in [3.05, 3.63) is 17.7 Å². The van der Waals surface area contributed by atoms with E-state index >= 15 is 0 Å². The van der Waals surface area contributed by atoms with Crippen molar-refractivity contribution in [2.45, 2.75) is 6.92 Å². The minimum atomic E-state index is 0.0270. The first-order chi connectivity index (χ1) is 7.24. The van der Waals surface area contributed by atoms with Gasteiger partial charge in [-0.3, -0.25) is 0 Å². The number of benzene rings is 1. The van der Waals surface area contributed by atoms with E-state index in [1.807, 2.05) is 0 Å². The van der Waals surface area contributed by atoms with Crippen molar-refractivity contribution in [3.63, 3.8) is 0 Å². The van der Waals surface area contributed by atoms with Crippen molar-refractivity contribution < 1.29 is 19.8 Å². The largest absolute Gasteiger partial charge is 0.504 e. The monoisotopic (exact) mass is 209 g/mol. The molecule has 0 aliphatic carbocycles. The number of oxime groups is 1. The number of aromatic hydroxyl groups is 1. The van der Waals surface area contributed by atoms with E-state index < -0.39 is 0 Å². The van der Waals surface area contributed by atoms with Crippen molar-refractivity contribution in [1.82, 2.24) is 0 Å². The van der Waals surface area contributed by atoms with Gasteiger partial charge in [-0.05, 0) is 19.1 Å². The zero-order valence-electron chi connectivity index (χ0n) is 8.23. The fourth-order valence-electron chi connectivity index (χ4n) is 1.46. The fraction of sp³-hybridized carbons (Fsp3) is 0.300. The molecule has 0 saturated heterocycles. The van der Waals surface area contributed by atoms with Gasteiger partial charge in [0.15, 0.2) is 11.5 Å². The molecular formula is C10H11NO4. The molecule has 2 rings (SSSR count). The number of rotatable bonds is 1. The lowest BCUT2D eigenvalue weighted by atomic mass is 10.1. The summed E-state index contributed by atoms with van der Waals surface area (Å²) in [5.74, 6) is 0.762. The summed E-state index contributed by atoms with van der Waals surface area (Å²) >= 11 is 0. The first kappa shape index (κ1) is 9.64. The Labute approximate surface area is 86.6 Å². The van der Waals surface area contributed by atoms with Crippen LogP contribution >= 0.6 is 0 Å². The predicted molar refractivity (Wildman–Crippen MR) is 53.1 cm³/mol. The Balaban J connectivity index is 2.58. The van der Waals surface area contributed by atoms with Gasteiger partial charge in [-0.1, -0.05) is 5.16 Å². The topological polar surface area (TPSA) is 71.3 Å². The normalized spacial score (nSPS) is 15.1. The van der Waals surface area contributed by atoms with Crippen molar-refractivity contribution in [3.8, 4) is 17.2 Å². The van der Waals surface area contributed by atoms with Crippen LogP contribution in [0.15, 0.2) is 17.3 Å². The lowest BCUT2D eigenvalue weighted by Crippen LogP contribution is -2.17. The standard InChI is InChI=1S/C10H11NO4/c1-6(11-13)7-2-3-8(12)10-9(7)14-4-5-15-10/h2-3,12-13H,4-5H2,1H3. The first-order valence-corrected chi connectivity index (χ1v) is 4.54. The third kappa shape index (κ3) is 1.56. The maximum atomic E-state index is 9.53. The molecule has 15 heavy (non-hydrogen) atoms. The van der Waals surface area contributed by atoms with Gasteiger partial charge in [-0.2, -0.15) is 0 Å². The second-order valence-corrected chi connectivity index (χ2v) is 3.17. The molecule has 5 nitrogen and oxygen atoms in total. The van der Waals surface area contributed by atoms with Gasteiger partial charge in [0.2, 0.25) is 5.75 Å². The molecule has 0 bridgehead atoms. The molecule has 1 aromatic rings. The minimum absolute atomic E-state index is 0.0270. The SMILES string of the molecule is CC(=NO)c1ccc(O)c2c1OCCO2. The molecule has 5 heteroatoms. The number of phenolic OH excluding ortho intramolecular Hbond substituents is 1. The lowest BCUT2D eigenvalue weighted by molar-refractivity contribution is 0.165. The van der Waals surface area contributed by atoms with E-state index in [1.54, 1.807) is 13.0 Å². The van der Waals surface area contributed by atoms with Gasteiger partial charge >= 0.3 is 0 Å². The molecule has 0 spiro atoms. The third-order valence-electron chi connectivity index (χ3n) is 2.21. The summed E-state index contributed by atoms with van der Waals surface area (Å²) in [6.07, 6.45) is 0. The smallest absolute Gasteiger partial charge is 0.204 e. The van der Waals surface area contributed by atoms with Crippen LogP contribution in [-0.4, -0.2) is 29.2 Å². The van der Waals surface area contributed by atoms with Crippen LogP contribution in [0.25, 0.3) is 0 Å². The van der Waals surface area contributed by atoms with Crippen LogP contribution in [0, 0.1) is 0 Å². The van der Waals surface area contributed by atoms with Crippen LogP contribution < -0.4 is 9.47 Å². The van der Waals surface area contributed by atoms with Crippen molar-refractivity contribution in [2.24, 2.45) is 5.16 Å². The number of hydrogen-bond acceptors (Lipinski definition) is 5. The van der Waals surface area contributed by atoms with Gasteiger partial charge in [-0.25, -0.2) is 0 Å². The molecule has 2 N–H and O–H groups in total. The Kier molecular flexibility index (Phi) is 2.37. The average molecular weight is 209 g/mol. The molecule has 1 aliphatic rings. The highest BCUT2D eigenvalue weighted by Crippen LogP contribution is 2.41. The van der Waals surface area contributed by atoms with E-state index in [-0.39, 0.29) is 5.75 Å². The van der Waals surface area contributed by atoms with Gasteiger partial charge in [0.25, 0.3) is 0 Å². The van der Waals surface area contributed by atoms with E-state index in [1.165, 1.54) is 6.07 Å². The van der Waals surface area contributed by atoms with Gasteiger partial charge in [0, 0.05) is 5.56 Å². The summed E-state index contributed by atoms with van der Waals surface area (Å²) in [5, 5.41) is 21.3. The van der Waals surface area contributed by atoms with Gasteiger partial charge in [0.1, 0.15) is 13.2 Å². The Hall–Kier alpha value is -1.91. The Morgan fingerprint density at radius 1 is 1.27 bits per heavy atom. The molecule has 80 valence electrons. The molecule has 0 unspecified atom stereocenters. The summed E-state index contributed by atoms with van der Waals surface area (Å²) in [6.45, 7) is 2.46. The van der Waals surface area contributed by atoms with E-state index in [9.17, 15) is 5.11 Å². The van der Waals surface area contributed by atoms with Crippen molar-refractivity contribution in [2.75, 3.05) is 13.2 Å². The lowest BCUT2D eigenvalue weighted by Gasteiger charge is -2.21. The van der Waals surface area contributed by atoms with Crippen LogP contribution in [0.5, 0.6) is 17.2 Å². The first-order valence-electron chi connectivity index (χ1n) is 4.54. The molecule has 1 aromatic carbocycles. The zero-order valence-corrected chi connectivity index (χ0v) is 8.23. The zero-order chi connectivity index (χ0) is 10.8. The van der Waals surface area contributed by atoms with Gasteiger partial charge < -0.3 is 19.8 Å². The van der Waals surface area contributed by atoms with E-state index in [0.717, 1.165) is 0 Å². The quantitative estimate of drug-likeness (QED) is 0.416. The molecule has 0 saturated carbocycles. The summed E-state index contributed by atoms with van der Waals surface area (Å²) < 4.78 is 10.7. The van der Waals surface area contributed by atoms with Gasteiger partial charge in [0.05, 0.1) is 5.71 Å². The molecule has 1 heterocycles. The Morgan fingerprint density at radius 3 is 2.60 bits per heavy atom. The van der Waals surface area contributed by atoms with Gasteiger partial charge in [-0.15, -0.1) is 0 Å². The summed E-state index contributed by atoms with van der Waals surface area (Å²) in [6, 6.07) is 3.11. The summed E-state index contributed by atoms with van der Waals surface area (Å²) in [5.41, 5.74) is 1.03. The number of ether oxygens (including phenoxy) is 2. The maximum absolute atomic E-state index is 9.53. The Morgan fingerprint density at radius 2 is 1.93 bits per heavy atom. The van der Waals surface area contributed by atoms with Crippen LogP contribution in [0.1, 0.15) is 12.5 Å². The minimum Gasteiger partial charge on any atom is -0.504 e. The van der Waals surface area contributed by atoms with Crippen molar-refractivity contribution >= 4 is 5.71 Å². The summed E-state index contributed by atoms with van der Waals surface area (Å²) in [7, 11) is 0. The second-order valence-electron chi connectivity index (χ2n) is 3.17. The van der Waals surface area contributed by atoms with Crippen LogP contribution in [0.3, 0.4) is 0 Å². The highest BCUT2D eigenvalue weighted by molar-refractivity contribution is 6.01. The predicted octanol–water partition coefficient (Wildman–Crippen LogP) is 1.36. The van der Waals surface area contributed by atoms with E-state index in [2.05, 4.69) is 5.16 Å². The van der Waals surface area contributed by atoms with Crippen LogP contribution in [0.4, 0.5) is 0 Å². The van der Waals surface area contributed by atoms with Crippen LogP contribution in [0.2, 0.25) is 0 Å². The highest BCUT2D eigenvalue weighted by atomic mass is 16.6. The second kappa shape index (κ2) is 3.68. The molecular weight excluding hydrogens is 198 g/mol. The number of phenols is 1. The molecule has 0 atom stereocenters. The number of hydrogen-bond donors (Lipinski definition) is 2. The van der Waals surface area contributed by atoms with Crippen molar-refractivity contribution in [1.29, 1.82) is 0 Å². The van der Waals surface area contributed by atoms with E-state index in [0.29, 0.717) is 36.0 Å². The third-order valence-corrected chi connectivity index (χ3v) is 2.21. The fourth-order valence-corrected chi connectivity index (χ4v) is 1.46. The molecule has 0 amide bonds. The molecule has 0 radical (unpaired) electrons. The molecule has 0 aromatic heterocycles. The van der Waals surface area contributed by atoms with Crippen LogP contribution in [-0.2, 0) is 0 Å².